The summed E-state index contributed by atoms with van der Waals surface area (Å²) in [5, 5.41) is 0. The molecule has 5 heteroatoms. The van der Waals surface area contributed by atoms with Crippen LogP contribution in [0.1, 0.15) is 11.1 Å². The molecule has 0 spiro atoms. The lowest BCUT2D eigenvalue weighted by Gasteiger charge is -2.09. The van der Waals surface area contributed by atoms with Crippen LogP contribution in [0.15, 0.2) is 70.7 Å². The van der Waals surface area contributed by atoms with Crippen molar-refractivity contribution in [3.63, 3.8) is 0 Å². The Kier molecular flexibility index (Phi) is 4.39. The lowest BCUT2D eigenvalue weighted by molar-refractivity contribution is 1.11. The summed E-state index contributed by atoms with van der Waals surface area (Å²) in [5.41, 5.74) is 9.77. The third-order valence-electron chi connectivity index (χ3n) is 3.56. The zero-order valence-electron chi connectivity index (χ0n) is 12.2. The molecule has 3 N–H and O–H groups in total. The fourth-order valence-corrected chi connectivity index (χ4v) is 2.90. The molecule has 0 amide bonds. The number of nitrogen functional groups attached to an aromatic ring is 1. The number of H-pyrrole nitrogens is 1. The van der Waals surface area contributed by atoms with Crippen LogP contribution in [-0.4, -0.2) is 9.97 Å². The smallest absolute Gasteiger partial charge is 0.260 e. The van der Waals surface area contributed by atoms with E-state index in [2.05, 4.69) is 38.0 Å². The van der Waals surface area contributed by atoms with Gasteiger partial charge < -0.3 is 10.7 Å². The highest BCUT2D eigenvalue weighted by Crippen LogP contribution is 2.27. The van der Waals surface area contributed by atoms with E-state index in [9.17, 15) is 4.79 Å². The maximum absolute atomic E-state index is 12.1. The van der Waals surface area contributed by atoms with Crippen molar-refractivity contribution in [2.24, 2.45) is 0 Å². The van der Waals surface area contributed by atoms with Crippen LogP contribution in [0.2, 0.25) is 0 Å². The largest absolute Gasteiger partial charge is 0.383 e. The SMILES string of the molecule is Nc1nc[nH]c(=O)c1/C(=C/Br)c1ccc(-c2ccccc2)cc1. The molecule has 0 saturated heterocycles. The summed E-state index contributed by atoms with van der Waals surface area (Å²) in [4.78, 5) is 20.3. The Morgan fingerprint density at radius 2 is 1.70 bits per heavy atom. The van der Waals surface area contributed by atoms with Crippen LogP contribution in [0.3, 0.4) is 0 Å². The number of halogens is 1. The molecular weight excluding hydrogens is 354 g/mol. The maximum atomic E-state index is 12.1. The van der Waals surface area contributed by atoms with Crippen molar-refractivity contribution in [3.8, 4) is 11.1 Å². The minimum Gasteiger partial charge on any atom is -0.383 e. The summed E-state index contributed by atoms with van der Waals surface area (Å²) < 4.78 is 0. The summed E-state index contributed by atoms with van der Waals surface area (Å²) in [6.07, 6.45) is 1.30. The predicted octanol–water partition coefficient (Wildman–Crippen LogP) is 3.80. The van der Waals surface area contributed by atoms with Gasteiger partial charge in [0.25, 0.3) is 5.56 Å². The highest BCUT2D eigenvalue weighted by Gasteiger charge is 2.13. The van der Waals surface area contributed by atoms with Crippen molar-refractivity contribution >= 4 is 27.3 Å². The molecule has 114 valence electrons. The molecule has 1 heterocycles. The highest BCUT2D eigenvalue weighted by molar-refractivity contribution is 9.11. The zero-order valence-corrected chi connectivity index (χ0v) is 13.7. The van der Waals surface area contributed by atoms with E-state index >= 15 is 0 Å². The van der Waals surface area contributed by atoms with Gasteiger partial charge in [-0.25, -0.2) is 4.98 Å². The van der Waals surface area contributed by atoms with Gasteiger partial charge in [0.1, 0.15) is 5.82 Å². The van der Waals surface area contributed by atoms with E-state index < -0.39 is 0 Å². The maximum Gasteiger partial charge on any atom is 0.260 e. The molecule has 0 aliphatic carbocycles. The fraction of sp³-hybridized carbons (Fsp3) is 0. The van der Waals surface area contributed by atoms with Crippen molar-refractivity contribution in [2.45, 2.75) is 0 Å². The van der Waals surface area contributed by atoms with Crippen LogP contribution in [-0.2, 0) is 0 Å². The number of aromatic nitrogens is 2. The lowest BCUT2D eigenvalue weighted by Crippen LogP contribution is -2.16. The van der Waals surface area contributed by atoms with Crippen molar-refractivity contribution in [3.05, 3.63) is 87.4 Å². The molecule has 4 nitrogen and oxygen atoms in total. The predicted molar refractivity (Wildman–Crippen MR) is 97.2 cm³/mol. The number of hydrogen-bond acceptors (Lipinski definition) is 3. The van der Waals surface area contributed by atoms with Gasteiger partial charge in [-0.2, -0.15) is 0 Å². The van der Waals surface area contributed by atoms with E-state index in [4.69, 9.17) is 5.73 Å². The Bertz CT molecular complexity index is 900. The Hall–Kier alpha value is -2.66. The third kappa shape index (κ3) is 3.10. The molecule has 3 aromatic rings. The molecule has 0 atom stereocenters. The minimum absolute atomic E-state index is 0.201. The Balaban J connectivity index is 2.03. The van der Waals surface area contributed by atoms with E-state index in [0.717, 1.165) is 16.7 Å². The van der Waals surface area contributed by atoms with Crippen LogP contribution in [0.4, 0.5) is 5.82 Å². The minimum atomic E-state index is -0.268. The Morgan fingerprint density at radius 1 is 1.04 bits per heavy atom. The average molecular weight is 368 g/mol. The van der Waals surface area contributed by atoms with Crippen LogP contribution >= 0.6 is 15.9 Å². The van der Waals surface area contributed by atoms with Crippen LogP contribution in [0, 0.1) is 0 Å². The van der Waals surface area contributed by atoms with Crippen molar-refractivity contribution < 1.29 is 0 Å². The molecular formula is C18H14BrN3O. The van der Waals surface area contributed by atoms with E-state index in [-0.39, 0.29) is 11.4 Å². The van der Waals surface area contributed by atoms with E-state index in [1.165, 1.54) is 6.33 Å². The summed E-state index contributed by atoms with van der Waals surface area (Å²) in [6, 6.07) is 18.1. The number of hydrogen-bond donors (Lipinski definition) is 2. The molecule has 23 heavy (non-hydrogen) atoms. The van der Waals surface area contributed by atoms with Crippen LogP contribution in [0.5, 0.6) is 0 Å². The molecule has 0 bridgehead atoms. The van der Waals surface area contributed by atoms with Gasteiger partial charge in [0.15, 0.2) is 0 Å². The van der Waals surface area contributed by atoms with Gasteiger partial charge >= 0.3 is 0 Å². The standard InChI is InChI=1S/C18H14BrN3O/c19-10-15(16-17(20)21-11-22-18(16)23)14-8-6-13(7-9-14)12-4-2-1-3-5-12/h1-11H,(H3,20,21,22,23)/b15-10+. The van der Waals surface area contributed by atoms with Gasteiger partial charge in [-0.1, -0.05) is 70.5 Å². The van der Waals surface area contributed by atoms with Crippen molar-refractivity contribution in [1.82, 2.24) is 9.97 Å². The zero-order chi connectivity index (χ0) is 16.2. The number of benzene rings is 2. The molecule has 2 aromatic carbocycles. The first-order chi connectivity index (χ1) is 11.2. The second-order valence-corrected chi connectivity index (χ2v) is 5.42. The summed E-state index contributed by atoms with van der Waals surface area (Å²) in [5.74, 6) is 0.201. The molecule has 3 rings (SSSR count). The van der Waals surface area contributed by atoms with Gasteiger partial charge in [0, 0.05) is 5.57 Å². The molecule has 0 aliphatic rings. The van der Waals surface area contributed by atoms with E-state index in [1.54, 1.807) is 4.99 Å². The quantitative estimate of drug-likeness (QED) is 0.739. The highest BCUT2D eigenvalue weighted by atomic mass is 79.9. The number of nitrogens with zero attached hydrogens (tertiary/aromatic N) is 1. The molecule has 0 fully saturated rings. The molecule has 0 radical (unpaired) electrons. The monoisotopic (exact) mass is 367 g/mol. The molecule has 0 aliphatic heterocycles. The van der Waals surface area contributed by atoms with Gasteiger partial charge in [0.2, 0.25) is 0 Å². The van der Waals surface area contributed by atoms with Crippen LogP contribution < -0.4 is 11.3 Å². The fourth-order valence-electron chi connectivity index (χ4n) is 2.41. The van der Waals surface area contributed by atoms with Crippen molar-refractivity contribution in [2.75, 3.05) is 5.73 Å². The van der Waals surface area contributed by atoms with Gasteiger partial charge in [0.05, 0.1) is 11.9 Å². The van der Waals surface area contributed by atoms with Gasteiger partial charge in [-0.3, -0.25) is 4.79 Å². The first kappa shape index (κ1) is 15.2. The molecule has 1 aromatic heterocycles. The second-order valence-electron chi connectivity index (χ2n) is 4.96. The number of aromatic amines is 1. The average Bonchev–Trinajstić information content (AvgIpc) is 2.59. The molecule has 0 unspecified atom stereocenters. The normalized spacial score (nSPS) is 11.4. The molecule has 0 saturated carbocycles. The number of nitrogens with one attached hydrogen (secondary N) is 1. The summed E-state index contributed by atoms with van der Waals surface area (Å²) >= 11 is 3.32. The second kappa shape index (κ2) is 6.62. The van der Waals surface area contributed by atoms with Gasteiger partial charge in [-0.05, 0) is 21.7 Å². The van der Waals surface area contributed by atoms with E-state index in [0.29, 0.717) is 11.1 Å². The van der Waals surface area contributed by atoms with Gasteiger partial charge in [-0.15, -0.1) is 0 Å². The van der Waals surface area contributed by atoms with Crippen molar-refractivity contribution in [1.29, 1.82) is 0 Å². The topological polar surface area (TPSA) is 71.8 Å². The van der Waals surface area contributed by atoms with Crippen LogP contribution in [0.25, 0.3) is 16.7 Å². The van der Waals surface area contributed by atoms with E-state index in [1.807, 2.05) is 42.5 Å². The third-order valence-corrected chi connectivity index (χ3v) is 4.02. The number of nitrogens with two attached hydrogens (primary N) is 1. The Labute approximate surface area is 141 Å². The first-order valence-electron chi connectivity index (χ1n) is 7.00. The first-order valence-corrected chi connectivity index (χ1v) is 7.92. The number of rotatable bonds is 3. The summed E-state index contributed by atoms with van der Waals surface area (Å²) in [7, 11) is 0. The summed E-state index contributed by atoms with van der Waals surface area (Å²) in [6.45, 7) is 0. The lowest BCUT2D eigenvalue weighted by atomic mass is 9.98. The number of anilines is 1. The Morgan fingerprint density at radius 3 is 2.30 bits per heavy atom.